The van der Waals surface area contributed by atoms with Crippen molar-refractivity contribution < 1.29 is 9.53 Å². The first-order chi connectivity index (χ1) is 8.74. The molecule has 0 saturated carbocycles. The predicted molar refractivity (Wildman–Crippen MR) is 70.0 cm³/mol. The topological polar surface area (TPSA) is 44.1 Å². The summed E-state index contributed by atoms with van der Waals surface area (Å²) >= 11 is 0. The Labute approximate surface area is 106 Å². The van der Waals surface area contributed by atoms with Gasteiger partial charge in [0.2, 0.25) is 0 Å². The van der Waals surface area contributed by atoms with E-state index < -0.39 is 0 Å². The van der Waals surface area contributed by atoms with Crippen LogP contribution in [-0.4, -0.2) is 22.9 Å². The lowest BCUT2D eigenvalue weighted by Gasteiger charge is -2.09. The second-order valence-corrected chi connectivity index (χ2v) is 3.85. The summed E-state index contributed by atoms with van der Waals surface area (Å²) in [6, 6.07) is 5.74. The fraction of sp³-hybridized carbons (Fsp3) is 0.143. The Hall–Kier alpha value is -2.36. The molecule has 1 aromatic carbocycles. The number of ether oxygens (including phenoxy) is 1. The van der Waals surface area contributed by atoms with E-state index >= 15 is 0 Å². The number of hydrogen-bond donors (Lipinski definition) is 0. The van der Waals surface area contributed by atoms with E-state index in [0.717, 1.165) is 29.0 Å². The van der Waals surface area contributed by atoms with Gasteiger partial charge in [-0.1, -0.05) is 12.1 Å². The number of carbonyl (C=O) groups is 1. The van der Waals surface area contributed by atoms with Crippen LogP contribution in [0.4, 0.5) is 0 Å². The number of imidazole rings is 1. The molecule has 0 saturated heterocycles. The first-order valence-electron chi connectivity index (χ1n) is 5.55. The molecule has 0 aliphatic carbocycles. The maximum absolute atomic E-state index is 10.3. The van der Waals surface area contributed by atoms with Gasteiger partial charge in [-0.3, -0.25) is 4.79 Å². The third-order valence-electron chi connectivity index (χ3n) is 2.56. The molecule has 0 aliphatic rings. The zero-order valence-corrected chi connectivity index (χ0v) is 10.3. The SMILES string of the molecule is COc1cc(C=CC=O)ccc1-n1cnc(C)c1. The van der Waals surface area contributed by atoms with Crippen molar-refractivity contribution in [2.45, 2.75) is 6.92 Å². The molecule has 0 bridgehead atoms. The van der Waals surface area contributed by atoms with E-state index in [2.05, 4.69) is 4.98 Å². The van der Waals surface area contributed by atoms with Crippen LogP contribution in [-0.2, 0) is 4.79 Å². The first-order valence-corrected chi connectivity index (χ1v) is 5.55. The Kier molecular flexibility index (Phi) is 3.57. The zero-order chi connectivity index (χ0) is 13.0. The molecule has 0 fully saturated rings. The third kappa shape index (κ3) is 2.48. The summed E-state index contributed by atoms with van der Waals surface area (Å²) in [5, 5.41) is 0. The van der Waals surface area contributed by atoms with Gasteiger partial charge in [0.1, 0.15) is 12.0 Å². The summed E-state index contributed by atoms with van der Waals surface area (Å²) in [5.41, 5.74) is 2.78. The number of aldehydes is 1. The van der Waals surface area contributed by atoms with Crippen LogP contribution in [0.5, 0.6) is 5.75 Å². The molecule has 2 rings (SSSR count). The minimum atomic E-state index is 0.737. The fourth-order valence-corrected chi connectivity index (χ4v) is 1.71. The van der Waals surface area contributed by atoms with Crippen LogP contribution in [0, 0.1) is 6.92 Å². The summed E-state index contributed by atoms with van der Waals surface area (Å²) < 4.78 is 7.26. The van der Waals surface area contributed by atoms with Gasteiger partial charge in [-0.2, -0.15) is 0 Å². The third-order valence-corrected chi connectivity index (χ3v) is 2.56. The van der Waals surface area contributed by atoms with Crippen molar-refractivity contribution in [2.24, 2.45) is 0 Å². The minimum absolute atomic E-state index is 0.737. The van der Waals surface area contributed by atoms with Gasteiger partial charge in [-0.15, -0.1) is 0 Å². The highest BCUT2D eigenvalue weighted by molar-refractivity contribution is 5.74. The van der Waals surface area contributed by atoms with Crippen molar-refractivity contribution >= 4 is 12.4 Å². The minimum Gasteiger partial charge on any atom is -0.495 e. The van der Waals surface area contributed by atoms with E-state index in [1.807, 2.05) is 35.9 Å². The fourth-order valence-electron chi connectivity index (χ4n) is 1.71. The molecule has 0 atom stereocenters. The van der Waals surface area contributed by atoms with Gasteiger partial charge in [0.05, 0.1) is 24.8 Å². The summed E-state index contributed by atoms with van der Waals surface area (Å²) in [6.07, 6.45) is 7.61. The molecule has 0 spiro atoms. The molecule has 1 heterocycles. The molecule has 92 valence electrons. The Bertz CT molecular complexity index is 585. The van der Waals surface area contributed by atoms with E-state index in [4.69, 9.17) is 4.74 Å². The van der Waals surface area contributed by atoms with Crippen LogP contribution >= 0.6 is 0 Å². The molecule has 4 nitrogen and oxygen atoms in total. The number of aryl methyl sites for hydroxylation is 1. The van der Waals surface area contributed by atoms with Crippen LogP contribution in [0.3, 0.4) is 0 Å². The lowest BCUT2D eigenvalue weighted by atomic mass is 10.1. The molecule has 0 unspecified atom stereocenters. The predicted octanol–water partition coefficient (Wildman–Crippen LogP) is 2.40. The second kappa shape index (κ2) is 5.31. The molecule has 2 aromatic rings. The van der Waals surface area contributed by atoms with Crippen molar-refractivity contribution in [1.29, 1.82) is 0 Å². The van der Waals surface area contributed by atoms with E-state index in [1.54, 1.807) is 19.5 Å². The average Bonchev–Trinajstić information content (AvgIpc) is 2.82. The largest absolute Gasteiger partial charge is 0.495 e. The van der Waals surface area contributed by atoms with Crippen molar-refractivity contribution in [3.8, 4) is 11.4 Å². The molecule has 18 heavy (non-hydrogen) atoms. The van der Waals surface area contributed by atoms with E-state index in [0.29, 0.717) is 0 Å². The van der Waals surface area contributed by atoms with Crippen molar-refractivity contribution in [3.05, 3.63) is 48.1 Å². The van der Waals surface area contributed by atoms with Crippen molar-refractivity contribution in [2.75, 3.05) is 7.11 Å². The quantitative estimate of drug-likeness (QED) is 0.611. The highest BCUT2D eigenvalue weighted by Gasteiger charge is 2.06. The van der Waals surface area contributed by atoms with E-state index in [1.165, 1.54) is 6.08 Å². The monoisotopic (exact) mass is 242 g/mol. The number of allylic oxidation sites excluding steroid dienone is 1. The Balaban J connectivity index is 2.43. The van der Waals surface area contributed by atoms with Crippen molar-refractivity contribution in [3.63, 3.8) is 0 Å². The number of aromatic nitrogens is 2. The van der Waals surface area contributed by atoms with Gasteiger partial charge >= 0.3 is 0 Å². The van der Waals surface area contributed by atoms with Crippen LogP contribution in [0.15, 0.2) is 36.8 Å². The molecule has 0 aliphatic heterocycles. The van der Waals surface area contributed by atoms with Gasteiger partial charge in [-0.05, 0) is 30.7 Å². The number of rotatable bonds is 4. The van der Waals surface area contributed by atoms with Gasteiger partial charge in [0.15, 0.2) is 0 Å². The maximum Gasteiger partial charge on any atom is 0.143 e. The van der Waals surface area contributed by atoms with Crippen LogP contribution in [0.25, 0.3) is 11.8 Å². The maximum atomic E-state index is 10.3. The molecular weight excluding hydrogens is 228 g/mol. The number of benzene rings is 1. The van der Waals surface area contributed by atoms with Crippen LogP contribution in [0.2, 0.25) is 0 Å². The van der Waals surface area contributed by atoms with Gasteiger partial charge in [0.25, 0.3) is 0 Å². The highest BCUT2D eigenvalue weighted by Crippen LogP contribution is 2.24. The van der Waals surface area contributed by atoms with Crippen LogP contribution < -0.4 is 4.74 Å². The average molecular weight is 242 g/mol. The molecule has 4 heteroatoms. The summed E-state index contributed by atoms with van der Waals surface area (Å²) in [7, 11) is 1.62. The molecule has 0 amide bonds. The van der Waals surface area contributed by atoms with Crippen LogP contribution in [0.1, 0.15) is 11.3 Å². The second-order valence-electron chi connectivity index (χ2n) is 3.85. The Morgan fingerprint density at radius 1 is 1.39 bits per heavy atom. The Morgan fingerprint density at radius 2 is 2.22 bits per heavy atom. The molecule has 0 N–H and O–H groups in total. The van der Waals surface area contributed by atoms with Gasteiger partial charge < -0.3 is 9.30 Å². The molecular formula is C14H14N2O2. The zero-order valence-electron chi connectivity index (χ0n) is 10.3. The van der Waals surface area contributed by atoms with E-state index in [-0.39, 0.29) is 0 Å². The molecule has 0 radical (unpaired) electrons. The van der Waals surface area contributed by atoms with Gasteiger partial charge in [-0.25, -0.2) is 4.98 Å². The summed E-state index contributed by atoms with van der Waals surface area (Å²) in [4.78, 5) is 14.5. The standard InChI is InChI=1S/C14H14N2O2/c1-11-9-16(10-15-11)13-6-5-12(4-3-7-17)8-14(13)18-2/h3-10H,1-2H3. The molecule has 1 aromatic heterocycles. The first kappa shape index (κ1) is 12.1. The number of carbonyl (C=O) groups excluding carboxylic acids is 1. The summed E-state index contributed by atoms with van der Waals surface area (Å²) in [6.45, 7) is 1.93. The number of nitrogens with zero attached hydrogens (tertiary/aromatic N) is 2. The Morgan fingerprint density at radius 3 is 2.83 bits per heavy atom. The highest BCUT2D eigenvalue weighted by atomic mass is 16.5. The summed E-state index contributed by atoms with van der Waals surface area (Å²) in [5.74, 6) is 0.737. The van der Waals surface area contributed by atoms with Crippen molar-refractivity contribution in [1.82, 2.24) is 9.55 Å². The van der Waals surface area contributed by atoms with E-state index in [9.17, 15) is 4.79 Å². The smallest absolute Gasteiger partial charge is 0.143 e. The number of methoxy groups -OCH3 is 1. The van der Waals surface area contributed by atoms with Gasteiger partial charge in [0, 0.05) is 6.20 Å². The number of hydrogen-bond acceptors (Lipinski definition) is 3. The lowest BCUT2D eigenvalue weighted by Crippen LogP contribution is -1.95. The lowest BCUT2D eigenvalue weighted by molar-refractivity contribution is -0.104. The normalized spacial score (nSPS) is 10.8.